The number of rotatable bonds is 5. The molecule has 5 rings (SSSR count). The Kier molecular flexibility index (Phi) is 5.72. The molecular formula is C26H30N6O. The lowest BCUT2D eigenvalue weighted by molar-refractivity contribution is 0.192. The summed E-state index contributed by atoms with van der Waals surface area (Å²) in [7, 11) is 0. The molecule has 1 N–H and O–H groups in total. The maximum Gasteiger partial charge on any atom is 0.279 e. The Bertz CT molecular complexity index is 1300. The predicted molar refractivity (Wildman–Crippen MR) is 131 cm³/mol. The van der Waals surface area contributed by atoms with E-state index in [4.69, 9.17) is 0 Å². The molecule has 1 atom stereocenters. The van der Waals surface area contributed by atoms with Crippen LogP contribution in [0.1, 0.15) is 41.2 Å². The Morgan fingerprint density at radius 3 is 2.36 bits per heavy atom. The maximum absolute atomic E-state index is 13.3. The number of nitrogens with zero attached hydrogens (tertiary/aromatic N) is 5. The molecule has 4 aromatic rings. The molecule has 7 heteroatoms. The Labute approximate surface area is 193 Å². The van der Waals surface area contributed by atoms with Crippen LogP contribution in [0.25, 0.3) is 5.78 Å². The number of hydrogen-bond acceptors (Lipinski definition) is 5. The summed E-state index contributed by atoms with van der Waals surface area (Å²) in [6.45, 7) is 9.89. The van der Waals surface area contributed by atoms with Crippen LogP contribution >= 0.6 is 0 Å². The smallest absolute Gasteiger partial charge is 0.279 e. The van der Waals surface area contributed by atoms with Gasteiger partial charge in [0.15, 0.2) is 5.82 Å². The van der Waals surface area contributed by atoms with Crippen LogP contribution in [0.15, 0.2) is 59.4 Å². The van der Waals surface area contributed by atoms with E-state index in [0.717, 1.165) is 43.0 Å². The highest BCUT2D eigenvalue weighted by Crippen LogP contribution is 2.22. The van der Waals surface area contributed by atoms with E-state index in [-0.39, 0.29) is 11.6 Å². The van der Waals surface area contributed by atoms with Gasteiger partial charge in [-0.2, -0.15) is 9.50 Å². The monoisotopic (exact) mass is 442 g/mol. The van der Waals surface area contributed by atoms with Crippen molar-refractivity contribution in [3.63, 3.8) is 0 Å². The highest BCUT2D eigenvalue weighted by atomic mass is 16.1. The van der Waals surface area contributed by atoms with Crippen molar-refractivity contribution in [1.82, 2.24) is 24.5 Å². The van der Waals surface area contributed by atoms with Crippen LogP contribution < -0.4 is 10.5 Å². The summed E-state index contributed by atoms with van der Waals surface area (Å²) in [6.07, 6.45) is 0.573. The van der Waals surface area contributed by atoms with Gasteiger partial charge >= 0.3 is 0 Å². The van der Waals surface area contributed by atoms with Crippen LogP contribution in [0.4, 0.5) is 5.69 Å². The van der Waals surface area contributed by atoms with Crippen LogP contribution in [-0.2, 0) is 6.42 Å². The van der Waals surface area contributed by atoms with E-state index < -0.39 is 0 Å². The fourth-order valence-electron chi connectivity index (χ4n) is 4.55. The van der Waals surface area contributed by atoms with E-state index >= 15 is 0 Å². The fourth-order valence-corrected chi connectivity index (χ4v) is 4.55. The second-order valence-electron chi connectivity index (χ2n) is 8.94. The summed E-state index contributed by atoms with van der Waals surface area (Å²) in [5.41, 5.74) is 5.06. The first-order valence-corrected chi connectivity index (χ1v) is 11.6. The van der Waals surface area contributed by atoms with Gasteiger partial charge in [0.25, 0.3) is 5.56 Å². The Hall–Kier alpha value is -3.45. The van der Waals surface area contributed by atoms with Crippen molar-refractivity contribution in [2.24, 2.45) is 0 Å². The Morgan fingerprint density at radius 1 is 0.970 bits per heavy atom. The number of aromatic amines is 1. The molecule has 33 heavy (non-hydrogen) atoms. The zero-order valence-corrected chi connectivity index (χ0v) is 19.5. The van der Waals surface area contributed by atoms with Crippen molar-refractivity contribution in [2.45, 2.75) is 33.2 Å². The standard InChI is InChI=1S/C26H30N6O/c1-18-9-11-21(12-10-18)17-23-19(2)27-26-28-24(29-32(26)25(23)33)20(3)30-13-15-31(16-14-30)22-7-5-4-6-8-22/h4-12,20H,13-17H2,1-3H3,(H,27,28,29). The van der Waals surface area contributed by atoms with Crippen LogP contribution in [-0.4, -0.2) is 50.7 Å². The van der Waals surface area contributed by atoms with Gasteiger partial charge < -0.3 is 9.88 Å². The second-order valence-corrected chi connectivity index (χ2v) is 8.94. The molecule has 1 aliphatic heterocycles. The average Bonchev–Trinajstić information content (AvgIpc) is 3.27. The quantitative estimate of drug-likeness (QED) is 0.512. The molecule has 0 amide bonds. The number of anilines is 1. The van der Waals surface area contributed by atoms with Crippen LogP contribution in [0.5, 0.6) is 0 Å². The van der Waals surface area contributed by atoms with Gasteiger partial charge in [0.05, 0.1) is 6.04 Å². The van der Waals surface area contributed by atoms with Gasteiger partial charge in [0.2, 0.25) is 5.78 Å². The van der Waals surface area contributed by atoms with E-state index in [1.807, 2.05) is 13.0 Å². The SMILES string of the molecule is Cc1ccc(Cc2c(C)[nH]c3nc(C(C)N4CCN(c5ccccc5)CC4)nn3c2=O)cc1. The first-order valence-electron chi connectivity index (χ1n) is 11.6. The van der Waals surface area contributed by atoms with Gasteiger partial charge in [0, 0.05) is 49.5 Å². The third kappa shape index (κ3) is 4.28. The minimum atomic E-state index is -0.0957. The van der Waals surface area contributed by atoms with Crippen LogP contribution in [0, 0.1) is 13.8 Å². The number of aryl methyl sites for hydroxylation is 2. The molecule has 0 spiro atoms. The van der Waals surface area contributed by atoms with Crippen molar-refractivity contribution >= 4 is 11.5 Å². The molecule has 0 bridgehead atoms. The number of H-pyrrole nitrogens is 1. The van der Waals surface area contributed by atoms with Crippen molar-refractivity contribution in [3.05, 3.63) is 93.2 Å². The van der Waals surface area contributed by atoms with E-state index in [2.05, 4.69) is 87.2 Å². The largest absolute Gasteiger partial charge is 0.369 e. The van der Waals surface area contributed by atoms with Crippen LogP contribution in [0.2, 0.25) is 0 Å². The van der Waals surface area contributed by atoms with E-state index in [1.54, 1.807) is 0 Å². The number of fused-ring (bicyclic) bond motifs is 1. The van der Waals surface area contributed by atoms with Gasteiger partial charge in [0.1, 0.15) is 0 Å². The molecule has 0 saturated carbocycles. The maximum atomic E-state index is 13.3. The molecule has 3 heterocycles. The normalized spacial score (nSPS) is 15.8. The second kappa shape index (κ2) is 8.83. The summed E-state index contributed by atoms with van der Waals surface area (Å²) < 4.78 is 1.43. The summed E-state index contributed by atoms with van der Waals surface area (Å²) in [5.74, 6) is 1.19. The Balaban J connectivity index is 1.35. The van der Waals surface area contributed by atoms with Crippen LogP contribution in [0.3, 0.4) is 0 Å². The lowest BCUT2D eigenvalue weighted by Gasteiger charge is -2.38. The lowest BCUT2D eigenvalue weighted by Crippen LogP contribution is -2.47. The molecule has 2 aromatic carbocycles. The van der Waals surface area contributed by atoms with Gasteiger partial charge in [-0.1, -0.05) is 48.0 Å². The molecule has 2 aromatic heterocycles. The van der Waals surface area contributed by atoms with Gasteiger partial charge in [-0.25, -0.2) is 0 Å². The Morgan fingerprint density at radius 2 is 1.67 bits per heavy atom. The zero-order chi connectivity index (χ0) is 22.9. The number of hydrogen-bond donors (Lipinski definition) is 1. The summed E-state index contributed by atoms with van der Waals surface area (Å²) in [4.78, 5) is 26.0. The number of para-hydroxylation sites is 1. The molecule has 1 saturated heterocycles. The number of piperazine rings is 1. The lowest BCUT2D eigenvalue weighted by atomic mass is 10.0. The summed E-state index contributed by atoms with van der Waals surface area (Å²) in [5, 5.41) is 4.63. The van der Waals surface area contributed by atoms with Gasteiger partial charge in [-0.05, 0) is 38.5 Å². The molecule has 170 valence electrons. The van der Waals surface area contributed by atoms with Crippen molar-refractivity contribution in [3.8, 4) is 0 Å². The van der Waals surface area contributed by atoms with Crippen molar-refractivity contribution in [2.75, 3.05) is 31.1 Å². The molecule has 1 fully saturated rings. The number of nitrogens with one attached hydrogen (secondary N) is 1. The van der Waals surface area contributed by atoms with Gasteiger partial charge in [-0.15, -0.1) is 5.10 Å². The minimum absolute atomic E-state index is 0.0384. The molecule has 1 unspecified atom stereocenters. The van der Waals surface area contributed by atoms with E-state index in [9.17, 15) is 4.79 Å². The first kappa shape index (κ1) is 21.4. The molecular weight excluding hydrogens is 412 g/mol. The fraction of sp³-hybridized carbons (Fsp3) is 0.346. The zero-order valence-electron chi connectivity index (χ0n) is 19.5. The first-order chi connectivity index (χ1) is 16.0. The molecule has 0 radical (unpaired) electrons. The summed E-state index contributed by atoms with van der Waals surface area (Å²) >= 11 is 0. The number of aromatic nitrogens is 4. The van der Waals surface area contributed by atoms with E-state index in [0.29, 0.717) is 18.0 Å². The van der Waals surface area contributed by atoms with Crippen molar-refractivity contribution in [1.29, 1.82) is 0 Å². The highest BCUT2D eigenvalue weighted by Gasteiger charge is 2.25. The third-order valence-corrected chi connectivity index (χ3v) is 6.68. The topological polar surface area (TPSA) is 69.5 Å². The minimum Gasteiger partial charge on any atom is -0.369 e. The molecule has 1 aliphatic rings. The predicted octanol–water partition coefficient (Wildman–Crippen LogP) is 3.51. The highest BCUT2D eigenvalue weighted by molar-refractivity contribution is 5.46. The molecule has 0 aliphatic carbocycles. The number of benzene rings is 2. The summed E-state index contributed by atoms with van der Waals surface area (Å²) in [6, 6.07) is 18.9. The third-order valence-electron chi connectivity index (χ3n) is 6.68. The van der Waals surface area contributed by atoms with Crippen molar-refractivity contribution < 1.29 is 0 Å². The average molecular weight is 443 g/mol. The van der Waals surface area contributed by atoms with E-state index in [1.165, 1.54) is 15.8 Å². The van der Waals surface area contributed by atoms with Gasteiger partial charge in [-0.3, -0.25) is 9.69 Å². The molecule has 7 nitrogen and oxygen atoms in total.